The summed E-state index contributed by atoms with van der Waals surface area (Å²) in [5.74, 6) is 0.532. The Hall–Kier alpha value is -1.59. The minimum Gasteiger partial charge on any atom is -0.491 e. The first-order chi connectivity index (χ1) is 10.0. The van der Waals surface area contributed by atoms with E-state index in [9.17, 15) is 4.79 Å². The van der Waals surface area contributed by atoms with Crippen molar-refractivity contribution in [3.63, 3.8) is 0 Å². The van der Waals surface area contributed by atoms with E-state index in [-0.39, 0.29) is 12.1 Å². The van der Waals surface area contributed by atoms with Crippen molar-refractivity contribution in [3.8, 4) is 5.75 Å². The van der Waals surface area contributed by atoms with Crippen molar-refractivity contribution >= 4 is 5.97 Å². The summed E-state index contributed by atoms with van der Waals surface area (Å²) in [6, 6.07) is 9.59. The third-order valence-corrected chi connectivity index (χ3v) is 3.38. The SMILES string of the molecule is CNC(C)(CC(C)OCCOc1ccccc1)C(=O)OC. The zero-order chi connectivity index (χ0) is 15.7. The molecule has 0 bridgehead atoms. The Morgan fingerprint density at radius 3 is 2.52 bits per heavy atom. The number of ether oxygens (including phenoxy) is 3. The smallest absolute Gasteiger partial charge is 0.325 e. The summed E-state index contributed by atoms with van der Waals surface area (Å²) in [5.41, 5.74) is -0.742. The van der Waals surface area contributed by atoms with Crippen LogP contribution in [0.15, 0.2) is 30.3 Å². The van der Waals surface area contributed by atoms with Gasteiger partial charge in [0.1, 0.15) is 17.9 Å². The van der Waals surface area contributed by atoms with Crippen LogP contribution in [0.5, 0.6) is 5.75 Å². The molecule has 5 heteroatoms. The number of methoxy groups -OCH3 is 1. The van der Waals surface area contributed by atoms with Crippen LogP contribution in [0.3, 0.4) is 0 Å². The van der Waals surface area contributed by atoms with Crippen molar-refractivity contribution < 1.29 is 19.0 Å². The molecule has 1 aromatic carbocycles. The molecule has 1 N–H and O–H groups in total. The molecular weight excluding hydrogens is 270 g/mol. The average Bonchev–Trinajstić information content (AvgIpc) is 2.51. The summed E-state index contributed by atoms with van der Waals surface area (Å²) in [4.78, 5) is 11.8. The fraction of sp³-hybridized carbons (Fsp3) is 0.562. The van der Waals surface area contributed by atoms with Crippen molar-refractivity contribution in [1.82, 2.24) is 5.32 Å². The molecule has 0 radical (unpaired) electrons. The van der Waals surface area contributed by atoms with E-state index >= 15 is 0 Å². The van der Waals surface area contributed by atoms with Gasteiger partial charge in [-0.05, 0) is 33.0 Å². The lowest BCUT2D eigenvalue weighted by atomic mass is 9.95. The highest BCUT2D eigenvalue weighted by Crippen LogP contribution is 2.16. The second-order valence-corrected chi connectivity index (χ2v) is 5.12. The van der Waals surface area contributed by atoms with E-state index in [4.69, 9.17) is 14.2 Å². The molecule has 118 valence electrons. The van der Waals surface area contributed by atoms with Gasteiger partial charge in [-0.15, -0.1) is 0 Å². The van der Waals surface area contributed by atoms with E-state index in [1.165, 1.54) is 7.11 Å². The maximum Gasteiger partial charge on any atom is 0.325 e. The monoisotopic (exact) mass is 295 g/mol. The molecule has 0 fully saturated rings. The zero-order valence-electron chi connectivity index (χ0n) is 13.2. The zero-order valence-corrected chi connectivity index (χ0v) is 13.2. The molecule has 0 aliphatic carbocycles. The van der Waals surface area contributed by atoms with Crippen LogP contribution in [-0.4, -0.2) is 45.0 Å². The van der Waals surface area contributed by atoms with Crippen LogP contribution in [-0.2, 0) is 14.3 Å². The number of carbonyl (C=O) groups excluding carboxylic acids is 1. The number of hydrogen-bond donors (Lipinski definition) is 1. The number of benzene rings is 1. The lowest BCUT2D eigenvalue weighted by Gasteiger charge is -2.29. The Bertz CT molecular complexity index is 424. The maximum absolute atomic E-state index is 11.8. The lowest BCUT2D eigenvalue weighted by Crippen LogP contribution is -2.50. The highest BCUT2D eigenvalue weighted by Gasteiger charge is 2.34. The van der Waals surface area contributed by atoms with Crippen LogP contribution in [0.25, 0.3) is 0 Å². The van der Waals surface area contributed by atoms with Crippen molar-refractivity contribution in [3.05, 3.63) is 30.3 Å². The second-order valence-electron chi connectivity index (χ2n) is 5.12. The Kier molecular flexibility index (Phi) is 7.19. The van der Waals surface area contributed by atoms with Crippen molar-refractivity contribution in [2.24, 2.45) is 0 Å². The number of rotatable bonds is 9. The molecule has 0 saturated carbocycles. The van der Waals surface area contributed by atoms with Gasteiger partial charge in [0.15, 0.2) is 0 Å². The number of nitrogens with one attached hydrogen (secondary N) is 1. The Labute approximate surface area is 126 Å². The summed E-state index contributed by atoms with van der Waals surface area (Å²) in [6.07, 6.45) is 0.447. The van der Waals surface area contributed by atoms with E-state index < -0.39 is 5.54 Å². The van der Waals surface area contributed by atoms with E-state index in [0.29, 0.717) is 19.6 Å². The molecule has 0 spiro atoms. The van der Waals surface area contributed by atoms with Crippen molar-refractivity contribution in [2.75, 3.05) is 27.4 Å². The third kappa shape index (κ3) is 5.73. The Morgan fingerprint density at radius 1 is 1.29 bits per heavy atom. The predicted octanol–water partition coefficient (Wildman–Crippen LogP) is 2.01. The first kappa shape index (κ1) is 17.5. The van der Waals surface area contributed by atoms with Gasteiger partial charge >= 0.3 is 5.97 Å². The van der Waals surface area contributed by atoms with Gasteiger partial charge in [-0.1, -0.05) is 18.2 Å². The summed E-state index contributed by atoms with van der Waals surface area (Å²) in [5, 5.41) is 2.99. The molecule has 5 nitrogen and oxygen atoms in total. The van der Waals surface area contributed by atoms with E-state index in [1.54, 1.807) is 14.0 Å². The highest BCUT2D eigenvalue weighted by atomic mass is 16.5. The van der Waals surface area contributed by atoms with Gasteiger partial charge in [0.25, 0.3) is 0 Å². The van der Waals surface area contributed by atoms with Crippen molar-refractivity contribution in [1.29, 1.82) is 0 Å². The molecule has 1 aromatic rings. The van der Waals surface area contributed by atoms with Gasteiger partial charge in [0, 0.05) is 6.42 Å². The normalized spacial score (nSPS) is 15.0. The predicted molar refractivity (Wildman–Crippen MR) is 81.4 cm³/mol. The van der Waals surface area contributed by atoms with Crippen LogP contribution in [0.2, 0.25) is 0 Å². The van der Waals surface area contributed by atoms with Gasteiger partial charge in [-0.25, -0.2) is 0 Å². The molecule has 0 saturated heterocycles. The van der Waals surface area contributed by atoms with Crippen LogP contribution in [0, 0.1) is 0 Å². The quantitative estimate of drug-likeness (QED) is 0.558. The van der Waals surface area contributed by atoms with E-state index in [1.807, 2.05) is 37.3 Å². The number of para-hydroxylation sites is 1. The minimum absolute atomic E-state index is 0.0825. The molecule has 0 heterocycles. The largest absolute Gasteiger partial charge is 0.491 e. The lowest BCUT2D eigenvalue weighted by molar-refractivity contribution is -0.149. The number of esters is 1. The summed E-state index contributed by atoms with van der Waals surface area (Å²) in [7, 11) is 3.12. The van der Waals surface area contributed by atoms with E-state index in [2.05, 4.69) is 5.32 Å². The molecule has 0 aromatic heterocycles. The molecule has 21 heavy (non-hydrogen) atoms. The van der Waals surface area contributed by atoms with Gasteiger partial charge < -0.3 is 19.5 Å². The van der Waals surface area contributed by atoms with Crippen LogP contribution in [0.1, 0.15) is 20.3 Å². The molecule has 0 amide bonds. The third-order valence-electron chi connectivity index (χ3n) is 3.38. The average molecular weight is 295 g/mol. The molecule has 0 aliphatic heterocycles. The maximum atomic E-state index is 11.8. The van der Waals surface area contributed by atoms with Gasteiger partial charge in [-0.3, -0.25) is 4.79 Å². The fourth-order valence-corrected chi connectivity index (χ4v) is 2.07. The summed E-state index contributed by atoms with van der Waals surface area (Å²) in [6.45, 7) is 4.68. The minimum atomic E-state index is -0.742. The second kappa shape index (κ2) is 8.64. The van der Waals surface area contributed by atoms with Gasteiger partial charge in [0.2, 0.25) is 0 Å². The summed E-state index contributed by atoms with van der Waals surface area (Å²) < 4.78 is 16.0. The molecule has 2 unspecified atom stereocenters. The first-order valence-electron chi connectivity index (χ1n) is 7.08. The molecule has 0 aliphatic rings. The molecule has 1 rings (SSSR count). The van der Waals surface area contributed by atoms with E-state index in [0.717, 1.165) is 5.75 Å². The highest BCUT2D eigenvalue weighted by molar-refractivity contribution is 5.80. The summed E-state index contributed by atoms with van der Waals surface area (Å²) >= 11 is 0. The number of likely N-dealkylation sites (N-methyl/N-ethyl adjacent to an activating group) is 1. The topological polar surface area (TPSA) is 56.8 Å². The Balaban J connectivity index is 2.30. The van der Waals surface area contributed by atoms with Crippen LogP contribution in [0.4, 0.5) is 0 Å². The molecular formula is C16H25NO4. The van der Waals surface area contributed by atoms with Crippen LogP contribution < -0.4 is 10.1 Å². The van der Waals surface area contributed by atoms with Gasteiger partial charge in [-0.2, -0.15) is 0 Å². The van der Waals surface area contributed by atoms with Crippen LogP contribution >= 0.6 is 0 Å². The van der Waals surface area contributed by atoms with Gasteiger partial charge in [0.05, 0.1) is 19.8 Å². The molecule has 2 atom stereocenters. The Morgan fingerprint density at radius 2 is 1.95 bits per heavy atom. The fourth-order valence-electron chi connectivity index (χ4n) is 2.07. The number of hydrogen-bond acceptors (Lipinski definition) is 5. The number of carbonyl (C=O) groups is 1. The van der Waals surface area contributed by atoms with Crippen molar-refractivity contribution in [2.45, 2.75) is 31.9 Å². The first-order valence-corrected chi connectivity index (χ1v) is 7.08. The standard InChI is InChI=1S/C16H25NO4/c1-13(12-16(2,17-3)15(18)19-4)20-10-11-21-14-8-6-5-7-9-14/h5-9,13,17H,10-12H2,1-4H3.